The van der Waals surface area contributed by atoms with Crippen LogP contribution in [0.1, 0.15) is 12.5 Å². The zero-order valence-electron chi connectivity index (χ0n) is 8.81. The quantitative estimate of drug-likeness (QED) is 0.416. The minimum atomic E-state index is 0.0739. The van der Waals surface area contributed by atoms with Crippen molar-refractivity contribution in [3.8, 4) is 5.75 Å². The van der Waals surface area contributed by atoms with Crippen LogP contribution in [-0.4, -0.2) is 31.1 Å². The van der Waals surface area contributed by atoms with Gasteiger partial charge in [0.2, 0.25) is 0 Å². The van der Waals surface area contributed by atoms with Crippen molar-refractivity contribution in [1.82, 2.24) is 5.43 Å². The normalized spacial score (nSPS) is 10.5. The van der Waals surface area contributed by atoms with E-state index in [2.05, 4.69) is 10.5 Å². The molecular formula is C11H16N2O2. The molecule has 0 aliphatic carbocycles. The maximum absolute atomic E-state index is 8.54. The molecule has 0 saturated carbocycles. The topological polar surface area (TPSA) is 53.8 Å². The summed E-state index contributed by atoms with van der Waals surface area (Å²) in [7, 11) is 0. The van der Waals surface area contributed by atoms with Gasteiger partial charge in [-0.2, -0.15) is 5.10 Å². The first kappa shape index (κ1) is 11.5. The van der Waals surface area contributed by atoms with E-state index >= 15 is 0 Å². The largest absolute Gasteiger partial charge is 0.493 e. The molecule has 15 heavy (non-hydrogen) atoms. The summed E-state index contributed by atoms with van der Waals surface area (Å²) in [4.78, 5) is 0. The van der Waals surface area contributed by atoms with E-state index in [1.54, 1.807) is 6.21 Å². The molecule has 0 aromatic heterocycles. The van der Waals surface area contributed by atoms with Crippen molar-refractivity contribution in [2.45, 2.75) is 6.92 Å². The fourth-order valence-corrected chi connectivity index (χ4v) is 1.10. The van der Waals surface area contributed by atoms with Gasteiger partial charge in [-0.25, -0.2) is 0 Å². The van der Waals surface area contributed by atoms with Crippen LogP contribution in [0.4, 0.5) is 0 Å². The van der Waals surface area contributed by atoms with Gasteiger partial charge in [0.15, 0.2) is 0 Å². The summed E-state index contributed by atoms with van der Waals surface area (Å²) >= 11 is 0. The second kappa shape index (κ2) is 6.84. The molecule has 0 unspecified atom stereocenters. The van der Waals surface area contributed by atoms with Crippen LogP contribution in [0.2, 0.25) is 0 Å². The standard InChI is InChI=1S/C11H16N2O2/c1-2-15-11-6-4-3-5-10(11)9-13-12-7-8-14/h3-6,9,12,14H,2,7-8H2,1H3. The minimum Gasteiger partial charge on any atom is -0.493 e. The number of ether oxygens (including phenoxy) is 1. The number of hydrazone groups is 1. The van der Waals surface area contributed by atoms with Gasteiger partial charge in [-0.1, -0.05) is 12.1 Å². The molecule has 1 rings (SSSR count). The van der Waals surface area contributed by atoms with Crippen LogP contribution in [0.5, 0.6) is 5.75 Å². The molecule has 0 heterocycles. The van der Waals surface area contributed by atoms with E-state index in [-0.39, 0.29) is 6.61 Å². The molecule has 0 amide bonds. The van der Waals surface area contributed by atoms with E-state index in [1.807, 2.05) is 31.2 Å². The number of hydrogen-bond acceptors (Lipinski definition) is 4. The van der Waals surface area contributed by atoms with Crippen LogP contribution in [0.15, 0.2) is 29.4 Å². The number of nitrogens with zero attached hydrogens (tertiary/aromatic N) is 1. The monoisotopic (exact) mass is 208 g/mol. The molecule has 1 aromatic rings. The van der Waals surface area contributed by atoms with Crippen molar-refractivity contribution < 1.29 is 9.84 Å². The predicted octanol–water partition coefficient (Wildman–Crippen LogP) is 1.00. The first-order valence-corrected chi connectivity index (χ1v) is 4.97. The molecule has 1 aromatic carbocycles. The molecular weight excluding hydrogens is 192 g/mol. The Morgan fingerprint density at radius 3 is 3.00 bits per heavy atom. The van der Waals surface area contributed by atoms with Gasteiger partial charge >= 0.3 is 0 Å². The molecule has 2 N–H and O–H groups in total. The molecule has 0 bridgehead atoms. The number of aliphatic hydroxyl groups is 1. The predicted molar refractivity (Wildman–Crippen MR) is 60.3 cm³/mol. The van der Waals surface area contributed by atoms with E-state index in [1.165, 1.54) is 0 Å². The molecule has 4 nitrogen and oxygen atoms in total. The Morgan fingerprint density at radius 2 is 2.27 bits per heavy atom. The van der Waals surface area contributed by atoms with Crippen LogP contribution in [-0.2, 0) is 0 Å². The van der Waals surface area contributed by atoms with E-state index in [0.29, 0.717) is 13.2 Å². The summed E-state index contributed by atoms with van der Waals surface area (Å²) in [6.07, 6.45) is 1.68. The maximum atomic E-state index is 8.54. The Bertz CT molecular complexity index is 313. The van der Waals surface area contributed by atoms with Gasteiger partial charge in [0.05, 0.1) is 26.0 Å². The number of hydrogen-bond donors (Lipinski definition) is 2. The summed E-state index contributed by atoms with van der Waals surface area (Å²) in [5.41, 5.74) is 3.64. The highest BCUT2D eigenvalue weighted by Crippen LogP contribution is 2.15. The third-order valence-electron chi connectivity index (χ3n) is 1.74. The summed E-state index contributed by atoms with van der Waals surface area (Å²) < 4.78 is 5.43. The van der Waals surface area contributed by atoms with Crippen molar-refractivity contribution in [1.29, 1.82) is 0 Å². The van der Waals surface area contributed by atoms with Crippen LogP contribution >= 0.6 is 0 Å². The Hall–Kier alpha value is -1.55. The third kappa shape index (κ3) is 3.99. The van der Waals surface area contributed by atoms with E-state index in [9.17, 15) is 0 Å². The average Bonchev–Trinajstić information content (AvgIpc) is 2.27. The molecule has 0 radical (unpaired) electrons. The van der Waals surface area contributed by atoms with E-state index in [0.717, 1.165) is 11.3 Å². The SMILES string of the molecule is CCOc1ccccc1C=NNCCO. The van der Waals surface area contributed by atoms with Crippen molar-refractivity contribution in [3.05, 3.63) is 29.8 Å². The lowest BCUT2D eigenvalue weighted by molar-refractivity contribution is 0.294. The highest BCUT2D eigenvalue weighted by molar-refractivity contribution is 5.83. The maximum Gasteiger partial charge on any atom is 0.128 e. The fraction of sp³-hybridized carbons (Fsp3) is 0.364. The summed E-state index contributed by atoms with van der Waals surface area (Å²) in [6, 6.07) is 7.67. The zero-order chi connectivity index (χ0) is 10.9. The van der Waals surface area contributed by atoms with Gasteiger partial charge < -0.3 is 15.3 Å². The van der Waals surface area contributed by atoms with Gasteiger partial charge in [-0.05, 0) is 19.1 Å². The Morgan fingerprint density at radius 1 is 1.47 bits per heavy atom. The molecule has 0 fully saturated rings. The summed E-state index contributed by atoms with van der Waals surface area (Å²) in [5.74, 6) is 0.814. The average molecular weight is 208 g/mol. The lowest BCUT2D eigenvalue weighted by Gasteiger charge is -2.05. The fourth-order valence-electron chi connectivity index (χ4n) is 1.10. The minimum absolute atomic E-state index is 0.0739. The molecule has 0 aliphatic rings. The second-order valence-corrected chi connectivity index (χ2v) is 2.86. The summed E-state index contributed by atoms with van der Waals surface area (Å²) in [6.45, 7) is 3.10. The number of nitrogens with one attached hydrogen (secondary N) is 1. The lowest BCUT2D eigenvalue weighted by Crippen LogP contribution is -2.11. The molecule has 82 valence electrons. The molecule has 0 atom stereocenters. The van der Waals surface area contributed by atoms with Gasteiger partial charge in [0.25, 0.3) is 0 Å². The Labute approximate surface area is 89.6 Å². The van der Waals surface area contributed by atoms with Crippen LogP contribution in [0.25, 0.3) is 0 Å². The van der Waals surface area contributed by atoms with Crippen LogP contribution in [0, 0.1) is 0 Å². The summed E-state index contributed by atoms with van der Waals surface area (Å²) in [5, 5.41) is 12.5. The number of benzene rings is 1. The number of para-hydroxylation sites is 1. The Balaban J connectivity index is 2.62. The van der Waals surface area contributed by atoms with E-state index in [4.69, 9.17) is 9.84 Å². The highest BCUT2D eigenvalue weighted by Gasteiger charge is 1.97. The number of aliphatic hydroxyl groups excluding tert-OH is 1. The van der Waals surface area contributed by atoms with E-state index < -0.39 is 0 Å². The van der Waals surface area contributed by atoms with Gasteiger partial charge in [0.1, 0.15) is 5.75 Å². The molecule has 4 heteroatoms. The van der Waals surface area contributed by atoms with Crippen molar-refractivity contribution >= 4 is 6.21 Å². The van der Waals surface area contributed by atoms with Crippen LogP contribution < -0.4 is 10.2 Å². The van der Waals surface area contributed by atoms with Crippen molar-refractivity contribution in [2.75, 3.05) is 19.8 Å². The van der Waals surface area contributed by atoms with Crippen molar-refractivity contribution in [2.24, 2.45) is 5.10 Å². The van der Waals surface area contributed by atoms with Gasteiger partial charge in [0, 0.05) is 5.56 Å². The van der Waals surface area contributed by atoms with Crippen LogP contribution in [0.3, 0.4) is 0 Å². The molecule has 0 aliphatic heterocycles. The third-order valence-corrected chi connectivity index (χ3v) is 1.74. The smallest absolute Gasteiger partial charge is 0.128 e. The van der Waals surface area contributed by atoms with Gasteiger partial charge in [-0.15, -0.1) is 0 Å². The molecule has 0 saturated heterocycles. The zero-order valence-corrected chi connectivity index (χ0v) is 8.81. The van der Waals surface area contributed by atoms with Crippen molar-refractivity contribution in [3.63, 3.8) is 0 Å². The first-order chi connectivity index (χ1) is 7.38. The lowest BCUT2D eigenvalue weighted by atomic mass is 10.2. The first-order valence-electron chi connectivity index (χ1n) is 4.97. The number of rotatable bonds is 6. The van der Waals surface area contributed by atoms with Gasteiger partial charge in [-0.3, -0.25) is 0 Å². The molecule has 0 spiro atoms. The Kier molecular flexibility index (Phi) is 5.25. The highest BCUT2D eigenvalue weighted by atomic mass is 16.5. The second-order valence-electron chi connectivity index (χ2n) is 2.86.